The van der Waals surface area contributed by atoms with Crippen molar-refractivity contribution in [3.63, 3.8) is 0 Å². The lowest BCUT2D eigenvalue weighted by Crippen LogP contribution is -2.31. The van der Waals surface area contributed by atoms with Gasteiger partial charge in [-0.3, -0.25) is 4.79 Å². The van der Waals surface area contributed by atoms with Gasteiger partial charge < -0.3 is 19.5 Å². The van der Waals surface area contributed by atoms with Crippen molar-refractivity contribution in [3.8, 4) is 11.5 Å². The number of hydrogen-bond acceptors (Lipinski definition) is 7. The van der Waals surface area contributed by atoms with Crippen molar-refractivity contribution in [3.05, 3.63) is 47.7 Å². The Kier molecular flexibility index (Phi) is 5.62. The van der Waals surface area contributed by atoms with Gasteiger partial charge in [0.15, 0.2) is 18.1 Å². The largest absolute Gasteiger partial charge is 0.454 e. The van der Waals surface area contributed by atoms with Crippen LogP contribution in [0.2, 0.25) is 0 Å². The molecule has 2 heterocycles. The molecule has 3 rings (SSSR count). The smallest absolute Gasteiger partial charge is 0.341 e. The number of amides is 1. The summed E-state index contributed by atoms with van der Waals surface area (Å²) in [4.78, 5) is 28.3. The number of nitrogens with zero attached hydrogens (tertiary/aromatic N) is 1. The first kappa shape index (κ1) is 18.1. The van der Waals surface area contributed by atoms with Crippen molar-refractivity contribution in [2.75, 3.05) is 19.7 Å². The Bertz CT molecular complexity index is 827. The number of carbonyl (C=O) groups excluding carboxylic acids is 2. The van der Waals surface area contributed by atoms with Gasteiger partial charge in [0.2, 0.25) is 6.79 Å². The fourth-order valence-corrected chi connectivity index (χ4v) is 3.00. The number of pyridine rings is 1. The summed E-state index contributed by atoms with van der Waals surface area (Å²) in [5.41, 5.74) is 1.21. The molecule has 26 heavy (non-hydrogen) atoms. The second-order valence-corrected chi connectivity index (χ2v) is 6.33. The van der Waals surface area contributed by atoms with E-state index < -0.39 is 11.9 Å². The van der Waals surface area contributed by atoms with Crippen LogP contribution >= 0.6 is 11.8 Å². The van der Waals surface area contributed by atoms with Crippen LogP contribution in [-0.4, -0.2) is 36.5 Å². The maximum atomic E-state index is 12.1. The molecule has 136 valence electrons. The highest BCUT2D eigenvalue weighted by Gasteiger charge is 2.18. The van der Waals surface area contributed by atoms with E-state index in [1.807, 2.05) is 25.3 Å². The molecule has 7 nitrogen and oxygen atoms in total. The van der Waals surface area contributed by atoms with Crippen LogP contribution in [0.1, 0.15) is 28.9 Å². The molecule has 1 aromatic carbocycles. The summed E-state index contributed by atoms with van der Waals surface area (Å²) in [6, 6.07) is 8.47. The maximum Gasteiger partial charge on any atom is 0.341 e. The quantitative estimate of drug-likeness (QED) is 0.614. The van der Waals surface area contributed by atoms with Gasteiger partial charge in [0.25, 0.3) is 5.91 Å². The normalized spacial score (nSPS) is 13.2. The highest BCUT2D eigenvalue weighted by molar-refractivity contribution is 7.98. The Morgan fingerprint density at radius 3 is 2.92 bits per heavy atom. The summed E-state index contributed by atoms with van der Waals surface area (Å²) in [5.74, 6) is 0.366. The van der Waals surface area contributed by atoms with Gasteiger partial charge in [0.05, 0.1) is 11.6 Å². The van der Waals surface area contributed by atoms with Crippen LogP contribution in [0.4, 0.5) is 0 Å². The van der Waals surface area contributed by atoms with Crippen LogP contribution in [0.25, 0.3) is 0 Å². The average Bonchev–Trinajstić information content (AvgIpc) is 3.13. The first-order valence-electron chi connectivity index (χ1n) is 7.93. The zero-order valence-corrected chi connectivity index (χ0v) is 15.2. The van der Waals surface area contributed by atoms with Crippen molar-refractivity contribution in [2.24, 2.45) is 0 Å². The predicted octanol–water partition coefficient (Wildman–Crippen LogP) is 2.57. The molecule has 1 atom stereocenters. The molecule has 0 aliphatic carbocycles. The Balaban J connectivity index is 1.54. The number of fused-ring (bicyclic) bond motifs is 1. The monoisotopic (exact) mass is 374 g/mol. The molecule has 0 fully saturated rings. The fraction of sp³-hybridized carbons (Fsp3) is 0.278. The van der Waals surface area contributed by atoms with E-state index in [1.165, 1.54) is 11.8 Å². The minimum absolute atomic E-state index is 0.196. The molecule has 0 saturated heterocycles. The summed E-state index contributed by atoms with van der Waals surface area (Å²) < 4.78 is 15.7. The van der Waals surface area contributed by atoms with E-state index in [9.17, 15) is 9.59 Å². The SMILES string of the molecule is CSc1ncccc1C(=O)OCC(=O)N[C@@H](C)c1ccc2c(c1)OCO2. The Labute approximate surface area is 155 Å². The molecule has 0 saturated carbocycles. The number of thioether (sulfide) groups is 1. The van der Waals surface area contributed by atoms with Gasteiger partial charge in [-0.15, -0.1) is 11.8 Å². The molecule has 1 aliphatic rings. The molecule has 1 aliphatic heterocycles. The number of ether oxygens (including phenoxy) is 3. The van der Waals surface area contributed by atoms with Crippen molar-refractivity contribution in [1.29, 1.82) is 0 Å². The number of hydrogen-bond donors (Lipinski definition) is 1. The molecule has 2 aromatic rings. The molecule has 0 bridgehead atoms. The number of benzene rings is 1. The first-order chi connectivity index (χ1) is 12.6. The highest BCUT2D eigenvalue weighted by Crippen LogP contribution is 2.34. The molecule has 1 aromatic heterocycles. The van der Waals surface area contributed by atoms with Gasteiger partial charge >= 0.3 is 5.97 Å². The van der Waals surface area contributed by atoms with Gasteiger partial charge in [0, 0.05) is 6.20 Å². The molecular formula is C18H18N2O5S. The third kappa shape index (κ3) is 4.08. The van der Waals surface area contributed by atoms with E-state index in [-0.39, 0.29) is 19.4 Å². The fourth-order valence-electron chi connectivity index (χ4n) is 2.47. The van der Waals surface area contributed by atoms with E-state index in [0.29, 0.717) is 22.1 Å². The average molecular weight is 374 g/mol. The van der Waals surface area contributed by atoms with Crippen LogP contribution in [0, 0.1) is 0 Å². The Hall–Kier alpha value is -2.74. The van der Waals surface area contributed by atoms with Crippen molar-refractivity contribution in [1.82, 2.24) is 10.3 Å². The van der Waals surface area contributed by atoms with Crippen LogP contribution in [0.15, 0.2) is 41.6 Å². The zero-order chi connectivity index (χ0) is 18.5. The van der Waals surface area contributed by atoms with Gasteiger partial charge in [-0.05, 0) is 43.0 Å². The van der Waals surface area contributed by atoms with Gasteiger partial charge in [-0.2, -0.15) is 0 Å². The minimum atomic E-state index is -0.576. The second-order valence-electron chi connectivity index (χ2n) is 5.54. The van der Waals surface area contributed by atoms with Crippen molar-refractivity contribution < 1.29 is 23.8 Å². The van der Waals surface area contributed by atoms with E-state index in [4.69, 9.17) is 14.2 Å². The molecule has 0 radical (unpaired) electrons. The number of esters is 1. The van der Waals surface area contributed by atoms with E-state index in [0.717, 1.165) is 5.56 Å². The molecule has 8 heteroatoms. The topological polar surface area (TPSA) is 86.8 Å². The van der Waals surface area contributed by atoms with Crippen LogP contribution in [0.3, 0.4) is 0 Å². The molecule has 1 N–H and O–H groups in total. The Morgan fingerprint density at radius 1 is 1.31 bits per heavy atom. The first-order valence-corrected chi connectivity index (χ1v) is 9.16. The number of nitrogens with one attached hydrogen (secondary N) is 1. The highest BCUT2D eigenvalue weighted by atomic mass is 32.2. The summed E-state index contributed by atoms with van der Waals surface area (Å²) in [7, 11) is 0. The zero-order valence-electron chi connectivity index (χ0n) is 14.4. The van der Waals surface area contributed by atoms with Crippen LogP contribution < -0.4 is 14.8 Å². The number of carbonyl (C=O) groups is 2. The number of aromatic nitrogens is 1. The molecular weight excluding hydrogens is 356 g/mol. The summed E-state index contributed by atoms with van der Waals surface area (Å²) >= 11 is 1.34. The van der Waals surface area contributed by atoms with E-state index in [1.54, 1.807) is 24.4 Å². The molecule has 0 spiro atoms. The van der Waals surface area contributed by atoms with Crippen molar-refractivity contribution in [2.45, 2.75) is 18.0 Å². The van der Waals surface area contributed by atoms with Crippen molar-refractivity contribution >= 4 is 23.6 Å². The van der Waals surface area contributed by atoms with Crippen LogP contribution in [-0.2, 0) is 9.53 Å². The molecule has 0 unspecified atom stereocenters. The van der Waals surface area contributed by atoms with E-state index >= 15 is 0 Å². The van der Waals surface area contributed by atoms with Gasteiger partial charge in [0.1, 0.15) is 5.03 Å². The standard InChI is InChI=1S/C18H18N2O5S/c1-11(12-5-6-14-15(8-12)25-10-24-14)20-16(21)9-23-18(22)13-4-3-7-19-17(13)26-2/h3-8,11H,9-10H2,1-2H3,(H,20,21)/t11-/m0/s1. The minimum Gasteiger partial charge on any atom is -0.454 e. The summed E-state index contributed by atoms with van der Waals surface area (Å²) in [6.07, 6.45) is 3.42. The Morgan fingerprint density at radius 2 is 2.12 bits per heavy atom. The van der Waals surface area contributed by atoms with Gasteiger partial charge in [-0.1, -0.05) is 6.07 Å². The van der Waals surface area contributed by atoms with E-state index in [2.05, 4.69) is 10.3 Å². The molecule has 1 amide bonds. The summed E-state index contributed by atoms with van der Waals surface area (Å²) in [6.45, 7) is 1.67. The maximum absolute atomic E-state index is 12.1. The lowest BCUT2D eigenvalue weighted by molar-refractivity contribution is -0.124. The lowest BCUT2D eigenvalue weighted by Gasteiger charge is -2.15. The lowest BCUT2D eigenvalue weighted by atomic mass is 10.1. The summed E-state index contributed by atoms with van der Waals surface area (Å²) in [5, 5.41) is 3.35. The van der Waals surface area contributed by atoms with Gasteiger partial charge in [-0.25, -0.2) is 9.78 Å². The van der Waals surface area contributed by atoms with Crippen LogP contribution in [0.5, 0.6) is 11.5 Å². The third-order valence-electron chi connectivity index (χ3n) is 3.79. The third-order valence-corrected chi connectivity index (χ3v) is 4.50. The predicted molar refractivity (Wildman–Crippen MR) is 95.4 cm³/mol. The second kappa shape index (κ2) is 8.09. The number of rotatable bonds is 6.